The van der Waals surface area contributed by atoms with Crippen LogP contribution in [-0.4, -0.2) is 39.0 Å². The summed E-state index contributed by atoms with van der Waals surface area (Å²) < 4.78 is 28.7. The second-order valence-corrected chi connectivity index (χ2v) is 7.26. The number of alkyl halides is 1. The molecular formula is C11H21ClO3S. The van der Waals surface area contributed by atoms with Gasteiger partial charge in [-0.15, -0.1) is 11.6 Å². The third kappa shape index (κ3) is 4.22. The van der Waals surface area contributed by atoms with Gasteiger partial charge in [0.2, 0.25) is 0 Å². The second kappa shape index (κ2) is 6.22. The number of rotatable bonds is 6. The fraction of sp³-hybridized carbons (Fsp3) is 1.00. The summed E-state index contributed by atoms with van der Waals surface area (Å²) in [5.41, 5.74) is -0.110. The van der Waals surface area contributed by atoms with Gasteiger partial charge in [0.1, 0.15) is 9.84 Å². The Balaban J connectivity index is 2.50. The lowest BCUT2D eigenvalue weighted by molar-refractivity contribution is 0.00306. The first-order valence-corrected chi connectivity index (χ1v) is 8.23. The van der Waals surface area contributed by atoms with Crippen LogP contribution in [0.2, 0.25) is 0 Å². The first-order valence-electron chi connectivity index (χ1n) is 5.88. The average molecular weight is 269 g/mol. The molecule has 0 N–H and O–H groups in total. The molecule has 0 aromatic rings. The molecule has 0 amide bonds. The van der Waals surface area contributed by atoms with Crippen LogP contribution in [0, 0.1) is 5.41 Å². The molecule has 3 nitrogen and oxygen atoms in total. The van der Waals surface area contributed by atoms with Crippen LogP contribution in [0.4, 0.5) is 0 Å². The summed E-state index contributed by atoms with van der Waals surface area (Å²) >= 11 is 5.97. The van der Waals surface area contributed by atoms with Gasteiger partial charge in [-0.25, -0.2) is 8.42 Å². The fourth-order valence-corrected chi connectivity index (χ4v) is 3.98. The quantitative estimate of drug-likeness (QED) is 0.694. The van der Waals surface area contributed by atoms with E-state index in [2.05, 4.69) is 0 Å². The summed E-state index contributed by atoms with van der Waals surface area (Å²) in [5, 5.41) is 0. The molecule has 1 fully saturated rings. The maximum Gasteiger partial charge on any atom is 0.150 e. The van der Waals surface area contributed by atoms with E-state index in [0.29, 0.717) is 25.3 Å². The smallest absolute Gasteiger partial charge is 0.150 e. The molecule has 0 spiro atoms. The van der Waals surface area contributed by atoms with Gasteiger partial charge in [0.25, 0.3) is 0 Å². The van der Waals surface area contributed by atoms with E-state index >= 15 is 0 Å². The summed E-state index contributed by atoms with van der Waals surface area (Å²) in [6.45, 7) is 3.27. The van der Waals surface area contributed by atoms with Gasteiger partial charge in [-0.2, -0.15) is 0 Å². The van der Waals surface area contributed by atoms with Crippen LogP contribution in [0.25, 0.3) is 0 Å². The molecule has 0 bridgehead atoms. The Hall–Kier alpha value is 0.200. The highest BCUT2D eigenvalue weighted by Crippen LogP contribution is 2.34. The summed E-state index contributed by atoms with van der Waals surface area (Å²) in [7, 11) is -2.89. The minimum atomic E-state index is -2.89. The predicted octanol–water partition coefficient (Wildman–Crippen LogP) is 2.24. The Morgan fingerprint density at radius 2 is 2.12 bits per heavy atom. The molecule has 1 rings (SSSR count). The molecular weight excluding hydrogens is 248 g/mol. The van der Waals surface area contributed by atoms with Crippen LogP contribution in [-0.2, 0) is 14.6 Å². The number of sulfone groups is 1. The van der Waals surface area contributed by atoms with Crippen molar-refractivity contribution in [1.82, 2.24) is 0 Å². The van der Waals surface area contributed by atoms with Crippen molar-refractivity contribution in [3.05, 3.63) is 0 Å². The molecule has 1 atom stereocenters. The van der Waals surface area contributed by atoms with Gasteiger partial charge in [-0.05, 0) is 25.7 Å². The number of hydrogen-bond donors (Lipinski definition) is 0. The maximum atomic E-state index is 11.6. The van der Waals surface area contributed by atoms with Crippen molar-refractivity contribution in [3.63, 3.8) is 0 Å². The van der Waals surface area contributed by atoms with Gasteiger partial charge in [0.15, 0.2) is 0 Å². The van der Waals surface area contributed by atoms with E-state index in [9.17, 15) is 8.42 Å². The Morgan fingerprint density at radius 1 is 1.38 bits per heavy atom. The predicted molar refractivity (Wildman–Crippen MR) is 66.8 cm³/mol. The molecule has 5 heteroatoms. The van der Waals surface area contributed by atoms with Crippen molar-refractivity contribution in [2.24, 2.45) is 5.41 Å². The summed E-state index contributed by atoms with van der Waals surface area (Å²) in [5.74, 6) is 1.03. The summed E-state index contributed by atoms with van der Waals surface area (Å²) in [4.78, 5) is 0. The normalized spacial score (nSPS) is 26.9. The van der Waals surface area contributed by atoms with Gasteiger partial charge in [0.05, 0.1) is 12.4 Å². The summed E-state index contributed by atoms with van der Waals surface area (Å²) in [6.07, 6.45) is 3.30. The molecule has 1 aliphatic rings. The molecule has 1 unspecified atom stereocenters. The lowest BCUT2D eigenvalue weighted by atomic mass is 9.82. The molecule has 0 aromatic heterocycles. The Morgan fingerprint density at radius 3 is 2.62 bits per heavy atom. The van der Waals surface area contributed by atoms with E-state index in [1.165, 1.54) is 0 Å². The van der Waals surface area contributed by atoms with Crippen molar-refractivity contribution in [2.45, 2.75) is 32.6 Å². The third-order valence-corrected chi connectivity index (χ3v) is 5.57. The minimum absolute atomic E-state index is 0.110. The molecule has 0 saturated carbocycles. The molecule has 16 heavy (non-hydrogen) atoms. The van der Waals surface area contributed by atoms with Crippen molar-refractivity contribution in [1.29, 1.82) is 0 Å². The molecule has 1 saturated heterocycles. The largest absolute Gasteiger partial charge is 0.381 e. The Labute approximate surface area is 103 Å². The van der Waals surface area contributed by atoms with E-state index < -0.39 is 9.84 Å². The Kier molecular flexibility index (Phi) is 5.54. The van der Waals surface area contributed by atoms with Crippen LogP contribution in [0.5, 0.6) is 0 Å². The number of ether oxygens (including phenoxy) is 1. The fourth-order valence-electron chi connectivity index (χ4n) is 2.06. The zero-order valence-electron chi connectivity index (χ0n) is 9.87. The van der Waals surface area contributed by atoms with Crippen molar-refractivity contribution in [3.8, 4) is 0 Å². The highest BCUT2D eigenvalue weighted by atomic mass is 35.5. The van der Waals surface area contributed by atoms with Crippen LogP contribution in [0.1, 0.15) is 32.6 Å². The van der Waals surface area contributed by atoms with Gasteiger partial charge in [0, 0.05) is 23.7 Å². The van der Waals surface area contributed by atoms with Crippen LogP contribution >= 0.6 is 11.6 Å². The van der Waals surface area contributed by atoms with Crippen molar-refractivity contribution < 1.29 is 13.2 Å². The molecule has 0 aromatic carbocycles. The minimum Gasteiger partial charge on any atom is -0.381 e. The first kappa shape index (κ1) is 14.3. The van der Waals surface area contributed by atoms with Gasteiger partial charge in [-0.1, -0.05) is 6.92 Å². The third-order valence-electron chi connectivity index (χ3n) is 3.15. The average Bonchev–Trinajstić information content (AvgIpc) is 2.28. The zero-order chi connectivity index (χ0) is 12.1. The standard InChI is InChI=1S/C11H21ClO3S/c1-2-7-16(13,14)8-5-11(9-12)4-3-6-15-10-11/h2-10H2,1H3. The van der Waals surface area contributed by atoms with Crippen molar-refractivity contribution >= 4 is 21.4 Å². The van der Waals surface area contributed by atoms with E-state index in [1.54, 1.807) is 0 Å². The van der Waals surface area contributed by atoms with Crippen molar-refractivity contribution in [2.75, 3.05) is 30.6 Å². The zero-order valence-corrected chi connectivity index (χ0v) is 11.4. The second-order valence-electron chi connectivity index (χ2n) is 4.69. The van der Waals surface area contributed by atoms with Gasteiger partial charge < -0.3 is 4.74 Å². The van der Waals surface area contributed by atoms with Gasteiger partial charge >= 0.3 is 0 Å². The van der Waals surface area contributed by atoms with Crippen LogP contribution < -0.4 is 0 Å². The lowest BCUT2D eigenvalue weighted by Gasteiger charge is -2.35. The van der Waals surface area contributed by atoms with Gasteiger partial charge in [-0.3, -0.25) is 0 Å². The van der Waals surface area contributed by atoms with E-state index in [0.717, 1.165) is 19.4 Å². The van der Waals surface area contributed by atoms with E-state index in [1.807, 2.05) is 6.92 Å². The van der Waals surface area contributed by atoms with E-state index in [-0.39, 0.29) is 16.9 Å². The molecule has 1 heterocycles. The maximum absolute atomic E-state index is 11.6. The molecule has 0 radical (unpaired) electrons. The SMILES string of the molecule is CCCS(=O)(=O)CCC1(CCl)CCCOC1. The molecule has 96 valence electrons. The van der Waals surface area contributed by atoms with E-state index in [4.69, 9.17) is 16.3 Å². The Bertz CT molecular complexity index is 294. The highest BCUT2D eigenvalue weighted by molar-refractivity contribution is 7.91. The number of halogens is 1. The van der Waals surface area contributed by atoms with Crippen LogP contribution in [0.3, 0.4) is 0 Å². The monoisotopic (exact) mass is 268 g/mol. The molecule has 0 aliphatic carbocycles. The first-order chi connectivity index (χ1) is 7.54. The molecule has 1 aliphatic heterocycles. The topological polar surface area (TPSA) is 43.4 Å². The highest BCUT2D eigenvalue weighted by Gasteiger charge is 2.33. The lowest BCUT2D eigenvalue weighted by Crippen LogP contribution is -2.35. The summed E-state index contributed by atoms with van der Waals surface area (Å²) in [6, 6.07) is 0. The van der Waals surface area contributed by atoms with Crippen LogP contribution in [0.15, 0.2) is 0 Å². The number of hydrogen-bond acceptors (Lipinski definition) is 3.